The molecule has 1 unspecified atom stereocenters. The van der Waals surface area contributed by atoms with Gasteiger partial charge in [0, 0.05) is 5.02 Å². The predicted molar refractivity (Wildman–Crippen MR) is 69.4 cm³/mol. The Morgan fingerprint density at radius 3 is 3.00 bits per heavy atom. The highest BCUT2D eigenvalue weighted by Gasteiger charge is 2.18. The molecule has 1 atom stereocenters. The van der Waals surface area contributed by atoms with Crippen LogP contribution in [0.5, 0.6) is 0 Å². The first kappa shape index (κ1) is 12.5. The van der Waals surface area contributed by atoms with Crippen molar-refractivity contribution in [1.82, 2.24) is 9.59 Å². The van der Waals surface area contributed by atoms with Crippen LogP contribution in [0.25, 0.3) is 0 Å². The van der Waals surface area contributed by atoms with E-state index in [-0.39, 0.29) is 0 Å². The molecule has 0 aliphatic heterocycles. The highest BCUT2D eigenvalue weighted by atomic mass is 35.5. The van der Waals surface area contributed by atoms with Crippen LogP contribution in [-0.2, 0) is 6.42 Å². The van der Waals surface area contributed by atoms with Gasteiger partial charge in [0.2, 0.25) is 0 Å². The maximum Gasteiger partial charge on any atom is 0.117 e. The zero-order chi connectivity index (χ0) is 12.3. The number of hydrogen-bond acceptors (Lipinski definition) is 4. The fourth-order valence-electron chi connectivity index (χ4n) is 1.66. The summed E-state index contributed by atoms with van der Waals surface area (Å²) in [5.74, 6) is 0. The van der Waals surface area contributed by atoms with E-state index >= 15 is 0 Å². The Morgan fingerprint density at radius 1 is 1.47 bits per heavy atom. The van der Waals surface area contributed by atoms with Gasteiger partial charge in [-0.2, -0.15) is 0 Å². The first-order chi connectivity index (χ1) is 8.22. The Bertz CT molecular complexity index is 501. The SMILES string of the molecule is CCCc1nnsc1C(O)c1cccc(Cl)c1. The fourth-order valence-corrected chi connectivity index (χ4v) is 2.57. The lowest BCUT2D eigenvalue weighted by molar-refractivity contribution is 0.222. The van der Waals surface area contributed by atoms with E-state index in [1.165, 1.54) is 11.5 Å². The molecule has 0 bridgehead atoms. The van der Waals surface area contributed by atoms with Crippen LogP contribution < -0.4 is 0 Å². The number of aliphatic hydroxyl groups is 1. The summed E-state index contributed by atoms with van der Waals surface area (Å²) in [6.45, 7) is 2.08. The maximum atomic E-state index is 10.3. The lowest BCUT2D eigenvalue weighted by Gasteiger charge is -2.10. The molecule has 0 amide bonds. The monoisotopic (exact) mass is 268 g/mol. The Labute approximate surface area is 109 Å². The lowest BCUT2D eigenvalue weighted by atomic mass is 10.1. The molecule has 0 aliphatic carbocycles. The molecule has 1 aromatic heterocycles. The minimum atomic E-state index is -0.685. The minimum absolute atomic E-state index is 0.621. The Morgan fingerprint density at radius 2 is 2.29 bits per heavy atom. The number of benzene rings is 1. The molecule has 2 rings (SSSR count). The van der Waals surface area contributed by atoms with Gasteiger partial charge < -0.3 is 5.11 Å². The molecule has 0 aliphatic rings. The van der Waals surface area contributed by atoms with Gasteiger partial charge in [0.05, 0.1) is 10.6 Å². The van der Waals surface area contributed by atoms with Crippen LogP contribution in [0.2, 0.25) is 5.02 Å². The summed E-state index contributed by atoms with van der Waals surface area (Å²) in [6.07, 6.45) is 1.14. The molecule has 0 fully saturated rings. The van der Waals surface area contributed by atoms with Crippen LogP contribution in [0, 0.1) is 0 Å². The van der Waals surface area contributed by atoms with E-state index in [2.05, 4.69) is 16.5 Å². The average Bonchev–Trinajstić information content (AvgIpc) is 2.77. The van der Waals surface area contributed by atoms with Crippen LogP contribution in [-0.4, -0.2) is 14.7 Å². The topological polar surface area (TPSA) is 46.0 Å². The van der Waals surface area contributed by atoms with Crippen LogP contribution >= 0.6 is 23.1 Å². The van der Waals surface area contributed by atoms with Crippen molar-refractivity contribution in [2.75, 3.05) is 0 Å². The summed E-state index contributed by atoms with van der Waals surface area (Å²) >= 11 is 7.16. The normalized spacial score (nSPS) is 12.6. The molecule has 0 saturated heterocycles. The highest BCUT2D eigenvalue weighted by Crippen LogP contribution is 2.28. The molecule has 3 nitrogen and oxygen atoms in total. The summed E-state index contributed by atoms with van der Waals surface area (Å²) in [7, 11) is 0. The summed E-state index contributed by atoms with van der Waals surface area (Å²) in [5, 5.41) is 15.0. The molecule has 5 heteroatoms. The van der Waals surface area contributed by atoms with Crippen LogP contribution in [0.3, 0.4) is 0 Å². The molecule has 1 aromatic carbocycles. The van der Waals surface area contributed by atoms with Gasteiger partial charge in [-0.1, -0.05) is 41.6 Å². The van der Waals surface area contributed by atoms with Gasteiger partial charge in [-0.25, -0.2) is 0 Å². The number of aliphatic hydroxyl groups excluding tert-OH is 1. The zero-order valence-corrected chi connectivity index (χ0v) is 11.0. The summed E-state index contributed by atoms with van der Waals surface area (Å²) in [6, 6.07) is 7.23. The third-order valence-corrected chi connectivity index (χ3v) is 3.54. The van der Waals surface area contributed by atoms with Crippen molar-refractivity contribution in [3.05, 3.63) is 45.4 Å². The molecule has 1 heterocycles. The number of nitrogens with zero attached hydrogens (tertiary/aromatic N) is 2. The molecule has 90 valence electrons. The van der Waals surface area contributed by atoms with Gasteiger partial charge in [0.25, 0.3) is 0 Å². The molecule has 0 radical (unpaired) electrons. The maximum absolute atomic E-state index is 10.3. The van der Waals surface area contributed by atoms with Gasteiger partial charge in [-0.05, 0) is 35.6 Å². The number of aryl methyl sites for hydroxylation is 1. The number of aromatic nitrogens is 2. The van der Waals surface area contributed by atoms with E-state index in [4.69, 9.17) is 11.6 Å². The average molecular weight is 269 g/mol. The van der Waals surface area contributed by atoms with E-state index in [9.17, 15) is 5.11 Å². The second-order valence-corrected chi connectivity index (χ2v) is 5.01. The molecule has 0 spiro atoms. The van der Waals surface area contributed by atoms with Crippen molar-refractivity contribution in [2.45, 2.75) is 25.9 Å². The largest absolute Gasteiger partial charge is 0.383 e. The molecule has 17 heavy (non-hydrogen) atoms. The third kappa shape index (κ3) is 2.83. The molecule has 2 aromatic rings. The Hall–Kier alpha value is -0.970. The molecule has 0 saturated carbocycles. The van der Waals surface area contributed by atoms with Gasteiger partial charge in [0.1, 0.15) is 6.10 Å². The molecule has 1 N–H and O–H groups in total. The standard InChI is InChI=1S/C12H13ClN2OS/c1-2-4-10-12(17-15-14-10)11(16)8-5-3-6-9(13)7-8/h3,5-7,11,16H,2,4H2,1H3. The van der Waals surface area contributed by atoms with Gasteiger partial charge in [-0.15, -0.1) is 5.10 Å². The van der Waals surface area contributed by atoms with Crippen LogP contribution in [0.15, 0.2) is 24.3 Å². The summed E-state index contributed by atoms with van der Waals surface area (Å²) in [4.78, 5) is 0.814. The number of hydrogen-bond donors (Lipinski definition) is 1. The van der Waals surface area contributed by atoms with Crippen molar-refractivity contribution < 1.29 is 5.11 Å². The zero-order valence-electron chi connectivity index (χ0n) is 9.43. The van der Waals surface area contributed by atoms with Gasteiger partial charge in [0.15, 0.2) is 0 Å². The van der Waals surface area contributed by atoms with E-state index < -0.39 is 6.10 Å². The minimum Gasteiger partial charge on any atom is -0.383 e. The first-order valence-electron chi connectivity index (χ1n) is 5.47. The Kier molecular flexibility index (Phi) is 4.10. The Balaban J connectivity index is 2.30. The summed E-state index contributed by atoms with van der Waals surface area (Å²) < 4.78 is 3.91. The number of rotatable bonds is 4. The lowest BCUT2D eigenvalue weighted by Crippen LogP contribution is -2.01. The van der Waals surface area contributed by atoms with Crippen LogP contribution in [0.1, 0.15) is 35.6 Å². The van der Waals surface area contributed by atoms with Crippen molar-refractivity contribution in [3.63, 3.8) is 0 Å². The predicted octanol–water partition coefficient (Wildman–Crippen LogP) is 3.23. The fraction of sp³-hybridized carbons (Fsp3) is 0.333. The highest BCUT2D eigenvalue weighted by molar-refractivity contribution is 7.05. The van der Waals surface area contributed by atoms with Crippen molar-refractivity contribution in [1.29, 1.82) is 0 Å². The molecular weight excluding hydrogens is 256 g/mol. The van der Waals surface area contributed by atoms with Gasteiger partial charge >= 0.3 is 0 Å². The molecular formula is C12H13ClN2OS. The second kappa shape index (κ2) is 5.58. The second-order valence-electron chi connectivity index (χ2n) is 3.79. The van der Waals surface area contributed by atoms with Gasteiger partial charge in [-0.3, -0.25) is 0 Å². The van der Waals surface area contributed by atoms with Crippen molar-refractivity contribution in [2.24, 2.45) is 0 Å². The first-order valence-corrected chi connectivity index (χ1v) is 6.62. The van der Waals surface area contributed by atoms with Crippen molar-refractivity contribution in [3.8, 4) is 0 Å². The number of halogens is 1. The summed E-state index contributed by atoms with van der Waals surface area (Å²) in [5.41, 5.74) is 1.66. The van der Waals surface area contributed by atoms with Crippen molar-refractivity contribution >= 4 is 23.1 Å². The van der Waals surface area contributed by atoms with E-state index in [1.54, 1.807) is 12.1 Å². The van der Waals surface area contributed by atoms with E-state index in [0.29, 0.717) is 5.02 Å². The third-order valence-electron chi connectivity index (χ3n) is 2.48. The smallest absolute Gasteiger partial charge is 0.117 e. The van der Waals surface area contributed by atoms with E-state index in [0.717, 1.165) is 29.0 Å². The quantitative estimate of drug-likeness (QED) is 0.926. The van der Waals surface area contributed by atoms with Crippen LogP contribution in [0.4, 0.5) is 0 Å². The van der Waals surface area contributed by atoms with E-state index in [1.807, 2.05) is 12.1 Å².